The van der Waals surface area contributed by atoms with E-state index in [0.29, 0.717) is 18.2 Å². The van der Waals surface area contributed by atoms with Crippen LogP contribution in [0.2, 0.25) is 0 Å². The fourth-order valence-corrected chi connectivity index (χ4v) is 3.50. The molecule has 4 aromatic heterocycles. The third-order valence-corrected chi connectivity index (χ3v) is 5.03. The van der Waals surface area contributed by atoms with E-state index >= 15 is 0 Å². The number of carbonyl (C=O) groups is 1. The lowest BCUT2D eigenvalue weighted by Crippen LogP contribution is -2.24. The monoisotopic (exact) mass is 391 g/mol. The molecule has 0 saturated carbocycles. The van der Waals surface area contributed by atoms with E-state index in [0.717, 1.165) is 21.3 Å². The number of pyridine rings is 1. The van der Waals surface area contributed by atoms with Gasteiger partial charge in [0.1, 0.15) is 6.33 Å². The van der Waals surface area contributed by atoms with Crippen molar-refractivity contribution in [2.24, 2.45) is 0 Å². The van der Waals surface area contributed by atoms with Gasteiger partial charge in [0.05, 0.1) is 16.3 Å². The molecule has 0 aliphatic heterocycles. The zero-order chi connectivity index (χ0) is 19.3. The van der Waals surface area contributed by atoms with Crippen LogP contribution in [0.5, 0.6) is 0 Å². The minimum absolute atomic E-state index is 0.0536. The highest BCUT2D eigenvalue weighted by atomic mass is 32.1. The van der Waals surface area contributed by atoms with Crippen LogP contribution >= 0.6 is 11.3 Å². The molecular formula is C19H17N7OS. The molecule has 4 rings (SSSR count). The molecule has 0 bridgehead atoms. The van der Waals surface area contributed by atoms with Gasteiger partial charge in [0.15, 0.2) is 5.69 Å². The standard InChI is InChI=1S/C19H17N7OS/c1-12(14-3-2-5-20-10-14)24-19-25-15-4-6-28-17(15)16(26-19)18(27)23-9-13-7-21-11-22-8-13/h2-8,10-12H,9H2,1H3,(H,23,27)(H,24,25,26). The predicted octanol–water partition coefficient (Wildman–Crippen LogP) is 2.98. The van der Waals surface area contributed by atoms with E-state index in [-0.39, 0.29) is 11.9 Å². The van der Waals surface area contributed by atoms with Gasteiger partial charge in [0, 0.05) is 36.9 Å². The Kier molecular flexibility index (Phi) is 5.16. The van der Waals surface area contributed by atoms with Gasteiger partial charge in [-0.15, -0.1) is 11.3 Å². The zero-order valence-corrected chi connectivity index (χ0v) is 15.8. The number of nitrogens with zero attached hydrogens (tertiary/aromatic N) is 5. The molecule has 1 unspecified atom stereocenters. The lowest BCUT2D eigenvalue weighted by Gasteiger charge is -2.14. The zero-order valence-electron chi connectivity index (χ0n) is 15.0. The summed E-state index contributed by atoms with van der Waals surface area (Å²) in [7, 11) is 0. The minimum atomic E-state index is -0.268. The maximum absolute atomic E-state index is 12.8. The second-order valence-electron chi connectivity index (χ2n) is 6.11. The summed E-state index contributed by atoms with van der Waals surface area (Å²) in [4.78, 5) is 33.8. The van der Waals surface area contributed by atoms with Crippen LogP contribution in [0.15, 0.2) is 54.7 Å². The predicted molar refractivity (Wildman–Crippen MR) is 107 cm³/mol. The maximum Gasteiger partial charge on any atom is 0.271 e. The molecule has 28 heavy (non-hydrogen) atoms. The number of amides is 1. The Hall–Kier alpha value is -3.46. The van der Waals surface area contributed by atoms with Crippen molar-refractivity contribution in [2.75, 3.05) is 5.32 Å². The van der Waals surface area contributed by atoms with Crippen molar-refractivity contribution >= 4 is 33.4 Å². The summed E-state index contributed by atoms with van der Waals surface area (Å²) in [5, 5.41) is 8.02. The van der Waals surface area contributed by atoms with Crippen LogP contribution in [0.4, 0.5) is 5.95 Å². The molecule has 4 heterocycles. The number of hydrogen-bond donors (Lipinski definition) is 2. The Labute approximate surface area is 165 Å². The van der Waals surface area contributed by atoms with Gasteiger partial charge >= 0.3 is 0 Å². The Bertz CT molecular complexity index is 1090. The van der Waals surface area contributed by atoms with Crippen LogP contribution in [0.25, 0.3) is 10.2 Å². The molecule has 9 heteroatoms. The van der Waals surface area contributed by atoms with Gasteiger partial charge in [-0.1, -0.05) is 6.07 Å². The number of nitrogens with one attached hydrogen (secondary N) is 2. The van der Waals surface area contributed by atoms with E-state index in [4.69, 9.17) is 0 Å². The largest absolute Gasteiger partial charge is 0.348 e. The number of aromatic nitrogens is 5. The van der Waals surface area contributed by atoms with E-state index in [1.54, 1.807) is 24.8 Å². The second-order valence-corrected chi connectivity index (χ2v) is 7.03. The molecule has 140 valence electrons. The van der Waals surface area contributed by atoms with Crippen molar-refractivity contribution in [3.8, 4) is 0 Å². The molecule has 1 atom stereocenters. The molecule has 0 aliphatic rings. The molecule has 0 spiro atoms. The first-order valence-corrected chi connectivity index (χ1v) is 9.52. The van der Waals surface area contributed by atoms with Crippen LogP contribution < -0.4 is 10.6 Å². The van der Waals surface area contributed by atoms with Crippen LogP contribution in [0, 0.1) is 0 Å². The van der Waals surface area contributed by atoms with E-state index < -0.39 is 0 Å². The van der Waals surface area contributed by atoms with Gasteiger partial charge in [-0.05, 0) is 30.0 Å². The molecule has 4 aromatic rings. The smallest absolute Gasteiger partial charge is 0.271 e. The summed E-state index contributed by atoms with van der Waals surface area (Å²) in [5.41, 5.74) is 2.90. The van der Waals surface area contributed by atoms with Crippen molar-refractivity contribution in [1.82, 2.24) is 30.2 Å². The Morgan fingerprint density at radius 1 is 1.14 bits per heavy atom. The van der Waals surface area contributed by atoms with Gasteiger partial charge < -0.3 is 10.6 Å². The van der Waals surface area contributed by atoms with E-state index in [1.807, 2.05) is 30.5 Å². The van der Waals surface area contributed by atoms with E-state index in [2.05, 4.69) is 35.6 Å². The van der Waals surface area contributed by atoms with Crippen LogP contribution in [-0.4, -0.2) is 30.8 Å². The average Bonchev–Trinajstić information content (AvgIpc) is 3.21. The third kappa shape index (κ3) is 3.94. The Morgan fingerprint density at radius 3 is 2.79 bits per heavy atom. The summed E-state index contributed by atoms with van der Waals surface area (Å²) in [5.74, 6) is 0.131. The van der Waals surface area contributed by atoms with Crippen LogP contribution in [-0.2, 0) is 6.54 Å². The second kappa shape index (κ2) is 8.05. The van der Waals surface area contributed by atoms with Gasteiger partial charge in [-0.2, -0.15) is 0 Å². The lowest BCUT2D eigenvalue weighted by atomic mass is 10.1. The molecule has 1 amide bonds. The van der Waals surface area contributed by atoms with Crippen molar-refractivity contribution < 1.29 is 4.79 Å². The summed E-state index contributed by atoms with van der Waals surface area (Å²) in [6.07, 6.45) is 8.29. The van der Waals surface area contributed by atoms with Crippen molar-refractivity contribution in [2.45, 2.75) is 19.5 Å². The van der Waals surface area contributed by atoms with Crippen molar-refractivity contribution in [3.63, 3.8) is 0 Å². The van der Waals surface area contributed by atoms with Gasteiger partial charge in [-0.25, -0.2) is 19.9 Å². The first kappa shape index (κ1) is 17.9. The molecule has 2 N–H and O–H groups in total. The quantitative estimate of drug-likeness (QED) is 0.520. The number of hydrogen-bond acceptors (Lipinski definition) is 8. The van der Waals surface area contributed by atoms with Crippen LogP contribution in [0.1, 0.15) is 34.6 Å². The minimum Gasteiger partial charge on any atom is -0.348 e. The first-order valence-electron chi connectivity index (χ1n) is 8.64. The van der Waals surface area contributed by atoms with Crippen LogP contribution in [0.3, 0.4) is 0 Å². The Balaban J connectivity index is 1.57. The summed E-state index contributed by atoms with van der Waals surface area (Å²) in [6, 6.07) is 5.68. The summed E-state index contributed by atoms with van der Waals surface area (Å²) < 4.78 is 0.751. The fraction of sp³-hybridized carbons (Fsp3) is 0.158. The molecule has 0 saturated heterocycles. The fourth-order valence-electron chi connectivity index (χ4n) is 2.68. The molecule has 0 fully saturated rings. The molecule has 0 radical (unpaired) electrons. The van der Waals surface area contributed by atoms with Crippen molar-refractivity contribution in [3.05, 3.63) is 71.5 Å². The summed E-state index contributed by atoms with van der Waals surface area (Å²) >= 11 is 1.44. The number of carbonyl (C=O) groups excluding carboxylic acids is 1. The topological polar surface area (TPSA) is 106 Å². The normalized spacial score (nSPS) is 11.9. The van der Waals surface area contributed by atoms with Gasteiger partial charge in [-0.3, -0.25) is 9.78 Å². The molecule has 0 aliphatic carbocycles. The Morgan fingerprint density at radius 2 is 2.00 bits per heavy atom. The number of thiophene rings is 1. The highest BCUT2D eigenvalue weighted by Crippen LogP contribution is 2.25. The highest BCUT2D eigenvalue weighted by molar-refractivity contribution is 7.17. The SMILES string of the molecule is CC(Nc1nc(C(=O)NCc2cncnc2)c2sccc2n1)c1cccnc1. The first-order chi connectivity index (χ1) is 13.7. The third-order valence-electron chi connectivity index (χ3n) is 4.12. The van der Waals surface area contributed by atoms with E-state index in [1.165, 1.54) is 17.7 Å². The molecule has 0 aromatic carbocycles. The highest BCUT2D eigenvalue weighted by Gasteiger charge is 2.17. The number of fused-ring (bicyclic) bond motifs is 1. The maximum atomic E-state index is 12.8. The molecule has 8 nitrogen and oxygen atoms in total. The average molecular weight is 391 g/mol. The van der Waals surface area contributed by atoms with E-state index in [9.17, 15) is 4.79 Å². The lowest BCUT2D eigenvalue weighted by molar-refractivity contribution is 0.0948. The summed E-state index contributed by atoms with van der Waals surface area (Å²) in [6.45, 7) is 2.32. The van der Waals surface area contributed by atoms with Gasteiger partial charge in [0.25, 0.3) is 5.91 Å². The van der Waals surface area contributed by atoms with Gasteiger partial charge in [0.2, 0.25) is 5.95 Å². The number of rotatable bonds is 6. The van der Waals surface area contributed by atoms with Crippen molar-refractivity contribution in [1.29, 1.82) is 0 Å². The number of anilines is 1. The molecular weight excluding hydrogens is 374 g/mol.